The second-order valence-corrected chi connectivity index (χ2v) is 6.72. The van der Waals surface area contributed by atoms with Crippen LogP contribution in [0.25, 0.3) is 0 Å². The normalized spacial score (nSPS) is 18.8. The van der Waals surface area contributed by atoms with E-state index in [0.717, 1.165) is 18.8 Å². The maximum Gasteiger partial charge on any atom is 0.0595 e. The van der Waals surface area contributed by atoms with Crippen molar-refractivity contribution >= 4 is 34.8 Å². The first-order chi connectivity index (χ1) is 8.65. The molecule has 0 radical (unpaired) electrons. The molecule has 1 aromatic carbocycles. The van der Waals surface area contributed by atoms with Crippen LogP contribution in [0.2, 0.25) is 10.0 Å². The van der Waals surface area contributed by atoms with E-state index in [1.165, 1.54) is 37.7 Å². The topological polar surface area (TPSA) is 0 Å². The summed E-state index contributed by atoms with van der Waals surface area (Å²) < 4.78 is 0. The molecule has 0 aromatic heterocycles. The highest BCUT2D eigenvalue weighted by Gasteiger charge is 2.18. The largest absolute Gasteiger partial charge is 0.123 e. The van der Waals surface area contributed by atoms with Crippen LogP contribution >= 0.6 is 34.8 Å². The Morgan fingerprint density at radius 3 is 2.44 bits per heavy atom. The molecular weight excluding hydrogens is 287 g/mol. The van der Waals surface area contributed by atoms with Gasteiger partial charge in [-0.25, -0.2) is 0 Å². The third-order valence-corrected chi connectivity index (χ3v) is 4.83. The van der Waals surface area contributed by atoms with E-state index in [-0.39, 0.29) is 5.38 Å². The summed E-state index contributed by atoms with van der Waals surface area (Å²) in [5.41, 5.74) is 1.18. The Bertz CT molecular complexity index is 383. The minimum Gasteiger partial charge on any atom is -0.123 e. The van der Waals surface area contributed by atoms with Gasteiger partial charge in [0.15, 0.2) is 0 Å². The van der Waals surface area contributed by atoms with Crippen molar-refractivity contribution in [2.45, 2.75) is 50.3 Å². The summed E-state index contributed by atoms with van der Waals surface area (Å²) in [6, 6.07) is 5.80. The predicted octanol–water partition coefficient (Wildman–Crippen LogP) is 6.11. The molecule has 1 aromatic rings. The van der Waals surface area contributed by atoms with Gasteiger partial charge in [-0.3, -0.25) is 0 Å². The Balaban J connectivity index is 1.85. The van der Waals surface area contributed by atoms with E-state index >= 15 is 0 Å². The summed E-state index contributed by atoms with van der Waals surface area (Å²) in [6.07, 6.45) is 8.87. The average Bonchev–Trinajstić information content (AvgIpc) is 2.35. The van der Waals surface area contributed by atoms with Gasteiger partial charge >= 0.3 is 0 Å². The van der Waals surface area contributed by atoms with E-state index in [4.69, 9.17) is 34.8 Å². The van der Waals surface area contributed by atoms with Gasteiger partial charge in [0.1, 0.15) is 0 Å². The maximum absolute atomic E-state index is 6.46. The van der Waals surface area contributed by atoms with Gasteiger partial charge in [0.25, 0.3) is 0 Å². The Morgan fingerprint density at radius 2 is 1.78 bits per heavy atom. The van der Waals surface area contributed by atoms with E-state index in [1.807, 2.05) is 18.2 Å². The van der Waals surface area contributed by atoms with Gasteiger partial charge in [-0.15, -0.1) is 11.6 Å². The quantitative estimate of drug-likeness (QED) is 0.588. The number of alkyl halides is 1. The fraction of sp³-hybridized carbons (Fsp3) is 0.600. The molecule has 0 heterocycles. The van der Waals surface area contributed by atoms with Crippen LogP contribution in [0.3, 0.4) is 0 Å². The van der Waals surface area contributed by atoms with Crippen molar-refractivity contribution in [3.05, 3.63) is 33.8 Å². The SMILES string of the molecule is Clc1ccc(CC(Cl)CC2CCCCC2)cc1Cl. The molecule has 3 heteroatoms. The fourth-order valence-corrected chi connectivity index (χ4v) is 3.54. The second kappa shape index (κ2) is 7.03. The molecule has 1 fully saturated rings. The Labute approximate surface area is 125 Å². The van der Waals surface area contributed by atoms with Crippen molar-refractivity contribution in [1.29, 1.82) is 0 Å². The number of rotatable bonds is 4. The molecule has 0 aliphatic heterocycles. The second-order valence-electron chi connectivity index (χ2n) is 5.29. The third-order valence-electron chi connectivity index (χ3n) is 3.76. The molecule has 0 saturated heterocycles. The molecule has 1 aliphatic carbocycles. The molecule has 0 amide bonds. The third kappa shape index (κ3) is 4.33. The van der Waals surface area contributed by atoms with Crippen molar-refractivity contribution in [3.8, 4) is 0 Å². The van der Waals surface area contributed by atoms with E-state index in [1.54, 1.807) is 0 Å². The average molecular weight is 306 g/mol. The van der Waals surface area contributed by atoms with Gasteiger partial charge < -0.3 is 0 Å². The summed E-state index contributed by atoms with van der Waals surface area (Å²) in [7, 11) is 0. The van der Waals surface area contributed by atoms with Crippen molar-refractivity contribution in [1.82, 2.24) is 0 Å². The zero-order valence-electron chi connectivity index (χ0n) is 10.5. The van der Waals surface area contributed by atoms with Gasteiger partial charge in [-0.1, -0.05) is 61.4 Å². The van der Waals surface area contributed by atoms with Gasteiger partial charge in [0, 0.05) is 5.38 Å². The summed E-state index contributed by atoms with van der Waals surface area (Å²) in [5.74, 6) is 0.823. The van der Waals surface area contributed by atoms with Gasteiger partial charge in [-0.05, 0) is 36.5 Å². The first-order valence-electron chi connectivity index (χ1n) is 6.73. The van der Waals surface area contributed by atoms with Crippen molar-refractivity contribution in [3.63, 3.8) is 0 Å². The highest BCUT2D eigenvalue weighted by Crippen LogP contribution is 2.30. The molecule has 18 heavy (non-hydrogen) atoms. The Hall–Kier alpha value is 0.0900. The van der Waals surface area contributed by atoms with Crippen LogP contribution in [0.15, 0.2) is 18.2 Å². The number of hydrogen-bond acceptors (Lipinski definition) is 0. The van der Waals surface area contributed by atoms with Crippen LogP contribution < -0.4 is 0 Å². The number of hydrogen-bond donors (Lipinski definition) is 0. The molecule has 1 aliphatic rings. The molecule has 0 bridgehead atoms. The molecule has 2 rings (SSSR count). The van der Waals surface area contributed by atoms with Crippen molar-refractivity contribution < 1.29 is 0 Å². The molecule has 0 spiro atoms. The lowest BCUT2D eigenvalue weighted by Gasteiger charge is -2.23. The van der Waals surface area contributed by atoms with E-state index < -0.39 is 0 Å². The minimum atomic E-state index is 0.213. The van der Waals surface area contributed by atoms with Crippen molar-refractivity contribution in [2.75, 3.05) is 0 Å². The molecule has 0 nitrogen and oxygen atoms in total. The van der Waals surface area contributed by atoms with Gasteiger partial charge in [0.05, 0.1) is 10.0 Å². The Kier molecular flexibility index (Phi) is 5.66. The van der Waals surface area contributed by atoms with Crippen molar-refractivity contribution in [2.24, 2.45) is 5.92 Å². The summed E-state index contributed by atoms with van der Waals surface area (Å²) in [5, 5.41) is 1.44. The molecule has 1 atom stereocenters. The fourth-order valence-electron chi connectivity index (χ4n) is 2.79. The molecule has 100 valence electrons. The zero-order valence-corrected chi connectivity index (χ0v) is 12.7. The van der Waals surface area contributed by atoms with E-state index in [9.17, 15) is 0 Å². The highest BCUT2D eigenvalue weighted by atomic mass is 35.5. The monoisotopic (exact) mass is 304 g/mol. The Morgan fingerprint density at radius 1 is 1.06 bits per heavy atom. The summed E-state index contributed by atoms with van der Waals surface area (Å²) >= 11 is 18.4. The van der Waals surface area contributed by atoms with Crippen LogP contribution in [0.4, 0.5) is 0 Å². The highest BCUT2D eigenvalue weighted by molar-refractivity contribution is 6.42. The lowest BCUT2D eigenvalue weighted by molar-refractivity contribution is 0.334. The molecule has 0 N–H and O–H groups in total. The summed E-state index contributed by atoms with van der Waals surface area (Å²) in [6.45, 7) is 0. The molecular formula is C15H19Cl3. The number of halogens is 3. The van der Waals surface area contributed by atoms with Gasteiger partial charge in [-0.2, -0.15) is 0 Å². The molecule has 1 unspecified atom stereocenters. The van der Waals surface area contributed by atoms with E-state index in [0.29, 0.717) is 10.0 Å². The molecule has 1 saturated carbocycles. The number of benzene rings is 1. The smallest absolute Gasteiger partial charge is 0.0595 e. The van der Waals surface area contributed by atoms with Crippen LogP contribution in [-0.2, 0) is 6.42 Å². The first kappa shape index (κ1) is 14.5. The van der Waals surface area contributed by atoms with Crippen LogP contribution in [-0.4, -0.2) is 5.38 Å². The lowest BCUT2D eigenvalue weighted by Crippen LogP contribution is -2.14. The zero-order chi connectivity index (χ0) is 13.0. The minimum absolute atomic E-state index is 0.213. The van der Waals surface area contributed by atoms with Crippen LogP contribution in [0.5, 0.6) is 0 Å². The van der Waals surface area contributed by atoms with Gasteiger partial charge in [0.2, 0.25) is 0 Å². The van der Waals surface area contributed by atoms with E-state index in [2.05, 4.69) is 0 Å². The predicted molar refractivity (Wildman–Crippen MR) is 81.0 cm³/mol. The lowest BCUT2D eigenvalue weighted by atomic mass is 9.85. The maximum atomic E-state index is 6.46. The van der Waals surface area contributed by atoms with Crippen LogP contribution in [0, 0.1) is 5.92 Å². The van der Waals surface area contributed by atoms with Crippen LogP contribution in [0.1, 0.15) is 44.1 Å². The summed E-state index contributed by atoms with van der Waals surface area (Å²) in [4.78, 5) is 0. The first-order valence-corrected chi connectivity index (χ1v) is 7.92. The standard InChI is InChI=1S/C15H19Cl3/c16-13(8-11-4-2-1-3-5-11)9-12-6-7-14(17)15(18)10-12/h6-7,10-11,13H,1-5,8-9H2.